The number of nitrogens with zero attached hydrogens (tertiary/aromatic N) is 4. The molecule has 1 N–H and O–H groups in total. The zero-order chi connectivity index (χ0) is 14.2. The van der Waals surface area contributed by atoms with Crippen LogP contribution in [-0.2, 0) is 12.0 Å². The van der Waals surface area contributed by atoms with E-state index in [0.29, 0.717) is 6.54 Å². The summed E-state index contributed by atoms with van der Waals surface area (Å²) < 4.78 is 6.57. The summed E-state index contributed by atoms with van der Waals surface area (Å²) in [6.45, 7) is 8.88. The molecule has 2 rings (SSSR count). The smallest absolute Gasteiger partial charge is 0.134 e. The highest BCUT2D eigenvalue weighted by Gasteiger charge is 2.29. The van der Waals surface area contributed by atoms with Gasteiger partial charge >= 0.3 is 0 Å². The molecule has 0 aromatic carbocycles. The van der Waals surface area contributed by atoms with Crippen LogP contribution in [-0.4, -0.2) is 24.5 Å². The van der Waals surface area contributed by atoms with E-state index in [-0.39, 0.29) is 5.41 Å². The van der Waals surface area contributed by atoms with Crippen molar-refractivity contribution in [1.29, 1.82) is 0 Å². The Morgan fingerprint density at radius 3 is 2.74 bits per heavy atom. The van der Waals surface area contributed by atoms with Crippen LogP contribution >= 0.6 is 27.5 Å². The average molecular weight is 345 g/mol. The van der Waals surface area contributed by atoms with Crippen molar-refractivity contribution < 1.29 is 5.11 Å². The van der Waals surface area contributed by atoms with E-state index < -0.39 is 6.10 Å². The van der Waals surface area contributed by atoms with E-state index in [1.807, 2.05) is 6.92 Å². The first-order chi connectivity index (χ1) is 8.86. The van der Waals surface area contributed by atoms with Crippen molar-refractivity contribution in [2.45, 2.75) is 45.8 Å². The van der Waals surface area contributed by atoms with Gasteiger partial charge in [0.15, 0.2) is 0 Å². The molecule has 0 saturated carbocycles. The minimum Gasteiger partial charge on any atom is -0.381 e. The van der Waals surface area contributed by atoms with Gasteiger partial charge in [-0.05, 0) is 34.4 Å². The lowest BCUT2D eigenvalue weighted by molar-refractivity contribution is 0.208. The molecule has 0 bridgehead atoms. The third-order valence-corrected chi connectivity index (χ3v) is 4.25. The molecule has 7 heteroatoms. The molecular weight excluding hydrogens is 328 g/mol. The summed E-state index contributed by atoms with van der Waals surface area (Å²) in [5.74, 6) is 0. The zero-order valence-corrected chi connectivity index (χ0v) is 13.8. The van der Waals surface area contributed by atoms with Crippen LogP contribution in [0.4, 0.5) is 0 Å². The molecular formula is C12H17BrN4OS. The van der Waals surface area contributed by atoms with Crippen molar-refractivity contribution in [2.75, 3.05) is 0 Å². The standard InChI is InChI=1S/C12H17BrN4OS/c1-5-17-8(7(13)6-14-17)9(18)10-11(12(2,3)4)15-16-19-10/h6,9,18H,5H2,1-4H3. The van der Waals surface area contributed by atoms with E-state index in [2.05, 4.69) is 51.4 Å². The van der Waals surface area contributed by atoms with Crippen LogP contribution < -0.4 is 0 Å². The summed E-state index contributed by atoms with van der Waals surface area (Å²) in [4.78, 5) is 0.781. The molecule has 19 heavy (non-hydrogen) atoms. The van der Waals surface area contributed by atoms with Crippen molar-refractivity contribution in [3.63, 3.8) is 0 Å². The second-order valence-corrected chi connectivity index (χ2v) is 6.97. The Balaban J connectivity index is 2.48. The van der Waals surface area contributed by atoms with Crippen LogP contribution in [0, 0.1) is 0 Å². The van der Waals surface area contributed by atoms with Crippen molar-refractivity contribution in [3.8, 4) is 0 Å². The molecule has 2 aromatic rings. The van der Waals surface area contributed by atoms with Crippen LogP contribution in [0.1, 0.15) is 50.1 Å². The largest absolute Gasteiger partial charge is 0.381 e. The topological polar surface area (TPSA) is 63.8 Å². The molecule has 104 valence electrons. The molecule has 1 atom stereocenters. The Morgan fingerprint density at radius 2 is 2.16 bits per heavy atom. The molecule has 0 radical (unpaired) electrons. The summed E-state index contributed by atoms with van der Waals surface area (Å²) >= 11 is 4.68. The first kappa shape index (κ1) is 14.6. The maximum Gasteiger partial charge on any atom is 0.134 e. The van der Waals surface area contributed by atoms with Gasteiger partial charge < -0.3 is 5.11 Å². The molecule has 0 aliphatic carbocycles. The molecule has 0 aliphatic rings. The van der Waals surface area contributed by atoms with Crippen molar-refractivity contribution in [1.82, 2.24) is 19.4 Å². The fourth-order valence-electron chi connectivity index (χ4n) is 1.92. The molecule has 0 amide bonds. The Hall–Kier alpha value is -0.790. The molecule has 0 fully saturated rings. The van der Waals surface area contributed by atoms with E-state index >= 15 is 0 Å². The van der Waals surface area contributed by atoms with Gasteiger partial charge in [0.1, 0.15) is 6.10 Å². The first-order valence-electron chi connectivity index (χ1n) is 6.08. The monoisotopic (exact) mass is 344 g/mol. The number of halogens is 1. The maximum atomic E-state index is 10.6. The number of aromatic nitrogens is 4. The van der Waals surface area contributed by atoms with Gasteiger partial charge in [0, 0.05) is 12.0 Å². The number of aliphatic hydroxyl groups excluding tert-OH is 1. The summed E-state index contributed by atoms with van der Waals surface area (Å²) in [5.41, 5.74) is 1.44. The lowest BCUT2D eigenvalue weighted by atomic mass is 9.90. The third-order valence-electron chi connectivity index (χ3n) is 2.86. The lowest BCUT2D eigenvalue weighted by Gasteiger charge is -2.19. The summed E-state index contributed by atoms with van der Waals surface area (Å²) in [6.07, 6.45) is 0.943. The Bertz CT molecular complexity index is 573. The van der Waals surface area contributed by atoms with E-state index in [9.17, 15) is 5.11 Å². The van der Waals surface area contributed by atoms with Gasteiger partial charge in [0.2, 0.25) is 0 Å². The first-order valence-corrected chi connectivity index (χ1v) is 7.65. The van der Waals surface area contributed by atoms with Crippen LogP contribution in [0.15, 0.2) is 10.7 Å². The quantitative estimate of drug-likeness (QED) is 0.929. The van der Waals surface area contributed by atoms with E-state index in [0.717, 1.165) is 20.7 Å². The number of hydrogen-bond donors (Lipinski definition) is 1. The third kappa shape index (κ3) is 2.73. The normalized spacial score (nSPS) is 13.8. The average Bonchev–Trinajstić information content (AvgIpc) is 2.93. The van der Waals surface area contributed by atoms with E-state index in [4.69, 9.17) is 0 Å². The van der Waals surface area contributed by atoms with E-state index in [1.165, 1.54) is 11.5 Å². The molecule has 0 spiro atoms. The predicted molar refractivity (Wildman–Crippen MR) is 78.3 cm³/mol. The van der Waals surface area contributed by atoms with Crippen LogP contribution in [0.25, 0.3) is 0 Å². The van der Waals surface area contributed by atoms with Gasteiger partial charge in [0.05, 0.1) is 26.9 Å². The summed E-state index contributed by atoms with van der Waals surface area (Å²) in [6, 6.07) is 0. The van der Waals surface area contributed by atoms with Gasteiger partial charge in [-0.15, -0.1) is 5.10 Å². The van der Waals surface area contributed by atoms with Crippen molar-refractivity contribution in [2.24, 2.45) is 0 Å². The van der Waals surface area contributed by atoms with Gasteiger partial charge in [0.25, 0.3) is 0 Å². The van der Waals surface area contributed by atoms with Crippen LogP contribution in [0.2, 0.25) is 0 Å². The molecule has 0 saturated heterocycles. The molecule has 5 nitrogen and oxygen atoms in total. The number of rotatable bonds is 3. The molecule has 2 heterocycles. The van der Waals surface area contributed by atoms with Gasteiger partial charge in [-0.2, -0.15) is 5.10 Å². The Labute approximate surface area is 125 Å². The highest BCUT2D eigenvalue weighted by molar-refractivity contribution is 9.10. The summed E-state index contributed by atoms with van der Waals surface area (Å²) in [5, 5.41) is 19.0. The van der Waals surface area contributed by atoms with Gasteiger partial charge in [-0.1, -0.05) is 25.3 Å². The number of aryl methyl sites for hydroxylation is 1. The van der Waals surface area contributed by atoms with Crippen LogP contribution in [0.3, 0.4) is 0 Å². The van der Waals surface area contributed by atoms with Gasteiger partial charge in [-0.3, -0.25) is 4.68 Å². The minimum absolute atomic E-state index is 0.146. The summed E-state index contributed by atoms with van der Waals surface area (Å²) in [7, 11) is 0. The van der Waals surface area contributed by atoms with Gasteiger partial charge in [-0.25, -0.2) is 0 Å². The Kier molecular flexibility index (Phi) is 4.08. The number of hydrogen-bond acceptors (Lipinski definition) is 5. The zero-order valence-electron chi connectivity index (χ0n) is 11.4. The van der Waals surface area contributed by atoms with Crippen molar-refractivity contribution in [3.05, 3.63) is 26.9 Å². The Morgan fingerprint density at radius 1 is 1.47 bits per heavy atom. The minimum atomic E-state index is -0.758. The fraction of sp³-hybridized carbons (Fsp3) is 0.583. The molecule has 1 unspecified atom stereocenters. The molecule has 0 aliphatic heterocycles. The fourth-order valence-corrected chi connectivity index (χ4v) is 3.29. The second-order valence-electron chi connectivity index (χ2n) is 5.33. The number of aliphatic hydroxyl groups is 1. The lowest BCUT2D eigenvalue weighted by Crippen LogP contribution is -2.17. The SMILES string of the molecule is CCn1ncc(Br)c1C(O)c1snnc1C(C)(C)C. The highest BCUT2D eigenvalue weighted by Crippen LogP contribution is 2.35. The highest BCUT2D eigenvalue weighted by atomic mass is 79.9. The van der Waals surface area contributed by atoms with E-state index in [1.54, 1.807) is 10.9 Å². The maximum absolute atomic E-state index is 10.6. The predicted octanol–water partition coefficient (Wildman–Crippen LogP) is 2.90. The van der Waals surface area contributed by atoms with Crippen LogP contribution in [0.5, 0.6) is 0 Å². The second kappa shape index (κ2) is 5.30. The molecule has 2 aromatic heterocycles. The van der Waals surface area contributed by atoms with Crippen molar-refractivity contribution >= 4 is 27.5 Å².